The van der Waals surface area contributed by atoms with Gasteiger partial charge in [-0.25, -0.2) is 9.59 Å². The molecule has 7 heteroatoms. The molecule has 3 amide bonds. The average Bonchev–Trinajstić information content (AvgIpc) is 2.63. The molecule has 1 aromatic rings. The van der Waals surface area contributed by atoms with Gasteiger partial charge in [0.1, 0.15) is 6.04 Å². The van der Waals surface area contributed by atoms with E-state index in [2.05, 4.69) is 10.6 Å². The Morgan fingerprint density at radius 3 is 1.97 bits per heavy atom. The van der Waals surface area contributed by atoms with Crippen molar-refractivity contribution in [3.8, 4) is 0 Å². The van der Waals surface area contributed by atoms with E-state index in [1.54, 1.807) is 43.0 Å². The zero-order chi connectivity index (χ0) is 22.0. The number of carbonyl (C=O) groups excluding carboxylic acids is 3. The summed E-state index contributed by atoms with van der Waals surface area (Å²) in [6.45, 7) is 12.7. The van der Waals surface area contributed by atoms with Crippen LogP contribution in [0.3, 0.4) is 0 Å². The molecule has 0 radical (unpaired) electrons. The van der Waals surface area contributed by atoms with Crippen LogP contribution in [0.2, 0.25) is 0 Å². The van der Waals surface area contributed by atoms with Crippen LogP contribution < -0.4 is 10.6 Å². The Morgan fingerprint density at radius 2 is 1.48 bits per heavy atom. The third-order valence-electron chi connectivity index (χ3n) is 4.10. The summed E-state index contributed by atoms with van der Waals surface area (Å²) in [5, 5.41) is 5.31. The maximum absolute atomic E-state index is 12.5. The number of nitrogens with one attached hydrogen (secondary N) is 2. The molecule has 162 valence electrons. The Bertz CT molecular complexity index is 649. The molecule has 0 bridgehead atoms. The highest BCUT2D eigenvalue weighted by Gasteiger charge is 2.27. The summed E-state index contributed by atoms with van der Waals surface area (Å²) in [5.41, 5.74) is 0.620. The first-order valence-corrected chi connectivity index (χ1v) is 10.2. The largest absolute Gasteiger partial charge is 0.454 e. The molecule has 1 atom stereocenters. The SMILES string of the molecule is CC(C)CN(CC(C)C)C(=O)COC(=O)[C@H](NC(=O)Nc1ccccc1)C(C)C. The number of hydrogen-bond acceptors (Lipinski definition) is 4. The first-order chi connectivity index (χ1) is 13.6. The molecule has 0 unspecified atom stereocenters. The summed E-state index contributed by atoms with van der Waals surface area (Å²) in [6.07, 6.45) is 0. The topological polar surface area (TPSA) is 87.7 Å². The van der Waals surface area contributed by atoms with E-state index in [0.29, 0.717) is 30.6 Å². The van der Waals surface area contributed by atoms with E-state index in [4.69, 9.17) is 4.74 Å². The summed E-state index contributed by atoms with van der Waals surface area (Å²) >= 11 is 0. The van der Waals surface area contributed by atoms with Crippen LogP contribution in [0.4, 0.5) is 10.5 Å². The number of benzene rings is 1. The highest BCUT2D eigenvalue weighted by Crippen LogP contribution is 2.09. The number of ether oxygens (including phenoxy) is 1. The van der Waals surface area contributed by atoms with Gasteiger partial charge in [0.05, 0.1) is 0 Å². The second kappa shape index (κ2) is 12.1. The van der Waals surface area contributed by atoms with E-state index in [1.807, 2.05) is 33.8 Å². The predicted octanol–water partition coefficient (Wildman–Crippen LogP) is 3.52. The number of rotatable bonds is 10. The van der Waals surface area contributed by atoms with Crippen molar-refractivity contribution in [3.63, 3.8) is 0 Å². The number of hydrogen-bond donors (Lipinski definition) is 2. The van der Waals surface area contributed by atoms with Gasteiger partial charge in [-0.05, 0) is 29.9 Å². The Hall–Kier alpha value is -2.57. The zero-order valence-electron chi connectivity index (χ0n) is 18.4. The molecule has 29 heavy (non-hydrogen) atoms. The molecule has 1 rings (SSSR count). The molecule has 0 heterocycles. The lowest BCUT2D eigenvalue weighted by molar-refractivity contribution is -0.154. The van der Waals surface area contributed by atoms with Gasteiger partial charge in [0.25, 0.3) is 5.91 Å². The summed E-state index contributed by atoms with van der Waals surface area (Å²) in [7, 11) is 0. The van der Waals surface area contributed by atoms with Crippen molar-refractivity contribution in [1.82, 2.24) is 10.2 Å². The van der Waals surface area contributed by atoms with Crippen LogP contribution >= 0.6 is 0 Å². The second-order valence-corrected chi connectivity index (χ2v) is 8.38. The highest BCUT2D eigenvalue weighted by atomic mass is 16.5. The minimum absolute atomic E-state index is 0.193. The Labute approximate surface area is 174 Å². The van der Waals surface area contributed by atoms with Crippen molar-refractivity contribution in [2.24, 2.45) is 17.8 Å². The van der Waals surface area contributed by atoms with Gasteiger partial charge in [-0.3, -0.25) is 4.79 Å². The maximum atomic E-state index is 12.5. The molecule has 0 saturated heterocycles. The number of nitrogens with zero attached hydrogens (tertiary/aromatic N) is 1. The van der Waals surface area contributed by atoms with Crippen molar-refractivity contribution in [1.29, 1.82) is 0 Å². The standard InChI is InChI=1S/C22H35N3O4/c1-15(2)12-25(13-16(3)4)19(26)14-29-21(27)20(17(5)6)24-22(28)23-18-10-8-7-9-11-18/h7-11,15-17,20H,12-14H2,1-6H3,(H2,23,24,28)/t20-/m1/s1. The van der Waals surface area contributed by atoms with Gasteiger partial charge in [-0.2, -0.15) is 0 Å². The van der Waals surface area contributed by atoms with Gasteiger partial charge < -0.3 is 20.3 Å². The van der Waals surface area contributed by atoms with Crippen molar-refractivity contribution >= 4 is 23.6 Å². The normalized spacial score (nSPS) is 12.0. The molecule has 0 aromatic heterocycles. The molecule has 7 nitrogen and oxygen atoms in total. The lowest BCUT2D eigenvalue weighted by Crippen LogP contribution is -2.48. The van der Waals surface area contributed by atoms with Gasteiger partial charge in [-0.1, -0.05) is 59.7 Å². The molecular formula is C22H35N3O4. The molecule has 0 aliphatic rings. The van der Waals surface area contributed by atoms with Gasteiger partial charge in [0.2, 0.25) is 0 Å². The van der Waals surface area contributed by atoms with E-state index in [-0.39, 0.29) is 18.4 Å². The molecule has 0 saturated carbocycles. The minimum atomic E-state index is -0.852. The van der Waals surface area contributed by atoms with Crippen LogP contribution in [0.25, 0.3) is 0 Å². The van der Waals surface area contributed by atoms with Gasteiger partial charge in [0.15, 0.2) is 6.61 Å². The van der Waals surface area contributed by atoms with E-state index >= 15 is 0 Å². The monoisotopic (exact) mass is 405 g/mol. The molecule has 0 spiro atoms. The fourth-order valence-electron chi connectivity index (χ4n) is 2.80. The molecule has 0 aliphatic carbocycles. The fourth-order valence-corrected chi connectivity index (χ4v) is 2.80. The van der Waals surface area contributed by atoms with Crippen LogP contribution in [0.5, 0.6) is 0 Å². The van der Waals surface area contributed by atoms with Crippen LogP contribution in [0.15, 0.2) is 30.3 Å². The van der Waals surface area contributed by atoms with Gasteiger partial charge >= 0.3 is 12.0 Å². The summed E-state index contributed by atoms with van der Waals surface area (Å²) in [6, 6.07) is 7.59. The molecule has 0 fully saturated rings. The Morgan fingerprint density at radius 1 is 0.931 bits per heavy atom. The number of amides is 3. The second-order valence-electron chi connectivity index (χ2n) is 8.38. The smallest absolute Gasteiger partial charge is 0.329 e. The fraction of sp³-hybridized carbons (Fsp3) is 0.591. The number of para-hydroxylation sites is 1. The van der Waals surface area contributed by atoms with Gasteiger partial charge in [-0.15, -0.1) is 0 Å². The lowest BCUT2D eigenvalue weighted by atomic mass is 10.1. The first kappa shape index (κ1) is 24.5. The summed E-state index contributed by atoms with van der Waals surface area (Å²) < 4.78 is 5.25. The van der Waals surface area contributed by atoms with Crippen molar-refractivity contribution in [2.75, 3.05) is 25.0 Å². The van der Waals surface area contributed by atoms with Crippen LogP contribution in [0, 0.1) is 17.8 Å². The third-order valence-corrected chi connectivity index (χ3v) is 4.10. The molecule has 2 N–H and O–H groups in total. The summed E-state index contributed by atoms with van der Waals surface area (Å²) in [5.74, 6) is -0.399. The Kier molecular flexibility index (Phi) is 10.2. The van der Waals surface area contributed by atoms with E-state index in [0.717, 1.165) is 0 Å². The van der Waals surface area contributed by atoms with E-state index < -0.39 is 18.0 Å². The van der Waals surface area contributed by atoms with E-state index in [9.17, 15) is 14.4 Å². The third kappa shape index (κ3) is 9.45. The van der Waals surface area contributed by atoms with Crippen molar-refractivity contribution in [3.05, 3.63) is 30.3 Å². The van der Waals surface area contributed by atoms with E-state index in [1.165, 1.54) is 0 Å². The minimum Gasteiger partial charge on any atom is -0.454 e. The molecule has 0 aliphatic heterocycles. The van der Waals surface area contributed by atoms with Crippen molar-refractivity contribution < 1.29 is 19.1 Å². The van der Waals surface area contributed by atoms with Crippen LogP contribution in [-0.2, 0) is 14.3 Å². The zero-order valence-corrected chi connectivity index (χ0v) is 18.4. The quantitative estimate of drug-likeness (QED) is 0.583. The maximum Gasteiger partial charge on any atom is 0.329 e. The predicted molar refractivity (Wildman–Crippen MR) is 114 cm³/mol. The molecule has 1 aromatic carbocycles. The van der Waals surface area contributed by atoms with Gasteiger partial charge in [0, 0.05) is 18.8 Å². The van der Waals surface area contributed by atoms with Crippen LogP contribution in [-0.4, -0.2) is 48.5 Å². The van der Waals surface area contributed by atoms with Crippen molar-refractivity contribution in [2.45, 2.75) is 47.6 Å². The lowest BCUT2D eigenvalue weighted by Gasteiger charge is -2.27. The highest BCUT2D eigenvalue weighted by molar-refractivity contribution is 5.93. The number of anilines is 1. The number of urea groups is 1. The average molecular weight is 406 g/mol. The Balaban J connectivity index is 2.64. The summed E-state index contributed by atoms with van der Waals surface area (Å²) in [4.78, 5) is 39.0. The van der Waals surface area contributed by atoms with Crippen LogP contribution in [0.1, 0.15) is 41.5 Å². The number of esters is 1. The molecular weight excluding hydrogens is 370 g/mol. The number of carbonyl (C=O) groups is 3. The first-order valence-electron chi connectivity index (χ1n) is 10.2.